The minimum atomic E-state index is -0.351. The van der Waals surface area contributed by atoms with Crippen LogP contribution in [0.3, 0.4) is 0 Å². The third-order valence-electron chi connectivity index (χ3n) is 14.0. The van der Waals surface area contributed by atoms with E-state index in [1.54, 1.807) is 12.7 Å². The lowest BCUT2D eigenvalue weighted by atomic mass is 9.33. The van der Waals surface area contributed by atoms with Gasteiger partial charge >= 0.3 is 5.97 Å². The molecule has 0 heterocycles. The van der Waals surface area contributed by atoms with Crippen molar-refractivity contribution in [3.63, 3.8) is 0 Å². The Bertz CT molecular complexity index is 931. The van der Waals surface area contributed by atoms with Crippen LogP contribution in [0.1, 0.15) is 113 Å². The fourth-order valence-electron chi connectivity index (χ4n) is 11.1. The summed E-state index contributed by atoms with van der Waals surface area (Å²) in [5, 5.41) is 10.9. The van der Waals surface area contributed by atoms with Gasteiger partial charge in [0.2, 0.25) is 0 Å². The third-order valence-corrected chi connectivity index (χ3v) is 14.0. The largest absolute Gasteiger partial charge is 0.469 e. The molecule has 0 radical (unpaired) electrons. The summed E-state index contributed by atoms with van der Waals surface area (Å²) in [7, 11) is 1.60. The van der Waals surface area contributed by atoms with Gasteiger partial charge in [0, 0.05) is 0 Å². The van der Waals surface area contributed by atoms with Crippen LogP contribution in [0.4, 0.5) is 0 Å². The van der Waals surface area contributed by atoms with E-state index >= 15 is 0 Å². The van der Waals surface area contributed by atoms with Gasteiger partial charge in [-0.1, -0.05) is 67.0 Å². The molecule has 4 saturated carbocycles. The zero-order valence-electron chi connectivity index (χ0n) is 24.1. The monoisotopic (exact) mass is 484 g/mol. The predicted molar refractivity (Wildman–Crippen MR) is 142 cm³/mol. The number of carbonyl (C=O) groups excluding carboxylic acids is 1. The Morgan fingerprint density at radius 2 is 1.57 bits per heavy atom. The van der Waals surface area contributed by atoms with Gasteiger partial charge in [-0.25, -0.2) is 0 Å². The second-order valence-corrected chi connectivity index (χ2v) is 15.6. The molecule has 0 unspecified atom stereocenters. The van der Waals surface area contributed by atoms with Crippen molar-refractivity contribution in [1.29, 1.82) is 0 Å². The number of aliphatic hydroxyl groups excluding tert-OH is 1. The highest BCUT2D eigenvalue weighted by Crippen LogP contribution is 2.76. The molecule has 4 fully saturated rings. The quantitative estimate of drug-likeness (QED) is 0.308. The maximum Gasteiger partial charge on any atom is 0.312 e. The fraction of sp³-hybridized carbons (Fsp3) is 0.906. The Labute approximate surface area is 214 Å². The first-order valence-corrected chi connectivity index (χ1v) is 14.6. The molecular weight excluding hydrogens is 432 g/mol. The average molecular weight is 485 g/mol. The van der Waals surface area contributed by atoms with Gasteiger partial charge in [-0.3, -0.25) is 4.79 Å². The fourth-order valence-corrected chi connectivity index (χ4v) is 11.1. The summed E-state index contributed by atoms with van der Waals surface area (Å²) >= 11 is 0. The lowest BCUT2D eigenvalue weighted by Gasteiger charge is -2.71. The van der Waals surface area contributed by atoms with E-state index in [0.29, 0.717) is 17.8 Å². The number of allylic oxidation sites excluding steroid dienone is 2. The lowest BCUT2D eigenvalue weighted by molar-refractivity contribution is -0.208. The molecule has 0 amide bonds. The van der Waals surface area contributed by atoms with Crippen LogP contribution in [-0.2, 0) is 9.53 Å². The normalized spacial score (nSPS) is 52.2. The van der Waals surface area contributed by atoms with Crippen LogP contribution < -0.4 is 0 Å². The highest BCUT2D eigenvalue weighted by Gasteiger charge is 2.70. The topological polar surface area (TPSA) is 46.5 Å². The first-order chi connectivity index (χ1) is 16.1. The van der Waals surface area contributed by atoms with Gasteiger partial charge in [0.05, 0.1) is 18.6 Å². The summed E-state index contributed by atoms with van der Waals surface area (Å²) in [5.41, 5.74) is 2.06. The summed E-state index contributed by atoms with van der Waals surface area (Å²) in [4.78, 5) is 13.5. The van der Waals surface area contributed by atoms with Crippen LogP contribution in [0, 0.1) is 56.2 Å². The van der Waals surface area contributed by atoms with Crippen LogP contribution in [0.25, 0.3) is 0 Å². The van der Waals surface area contributed by atoms with E-state index in [1.165, 1.54) is 12.8 Å². The lowest BCUT2D eigenvalue weighted by Crippen LogP contribution is -2.65. The second-order valence-electron chi connectivity index (χ2n) is 15.6. The van der Waals surface area contributed by atoms with Crippen molar-refractivity contribution in [3.05, 3.63) is 11.6 Å². The molecular formula is C32H52O3. The van der Waals surface area contributed by atoms with Gasteiger partial charge in [0.1, 0.15) is 0 Å². The molecule has 0 bridgehead atoms. The van der Waals surface area contributed by atoms with E-state index in [1.807, 2.05) is 0 Å². The van der Waals surface area contributed by atoms with E-state index in [9.17, 15) is 9.90 Å². The van der Waals surface area contributed by atoms with Crippen molar-refractivity contribution in [3.8, 4) is 0 Å². The molecule has 0 aromatic rings. The summed E-state index contributed by atoms with van der Waals surface area (Å²) in [5.74, 6) is 1.98. The molecule has 0 aromatic heterocycles. The first-order valence-electron chi connectivity index (χ1n) is 14.6. The number of hydrogen-bond donors (Lipinski definition) is 1. The maximum absolute atomic E-state index is 13.5. The van der Waals surface area contributed by atoms with Crippen LogP contribution >= 0.6 is 0 Å². The summed E-state index contributed by atoms with van der Waals surface area (Å²) in [6.45, 7) is 19.7. The third kappa shape index (κ3) is 3.03. The Morgan fingerprint density at radius 3 is 2.23 bits per heavy atom. The zero-order valence-corrected chi connectivity index (χ0v) is 24.1. The molecule has 1 N–H and O–H groups in total. The van der Waals surface area contributed by atoms with E-state index in [-0.39, 0.29) is 50.5 Å². The predicted octanol–water partition coefficient (Wildman–Crippen LogP) is 7.57. The van der Waals surface area contributed by atoms with Crippen LogP contribution in [0.2, 0.25) is 0 Å². The number of esters is 1. The van der Waals surface area contributed by atoms with E-state index in [2.05, 4.69) is 61.5 Å². The van der Waals surface area contributed by atoms with E-state index < -0.39 is 0 Å². The average Bonchev–Trinajstić information content (AvgIpc) is 2.79. The van der Waals surface area contributed by atoms with Gasteiger partial charge < -0.3 is 9.84 Å². The SMILES string of the molecule is COC(=O)[C@]12CCC(C)(C)[C@H](C)[C@H]1C1=CC[C@H]3[C@@]4(C)CC[C@H](O)C(C)(C)[C@@H]4CC[C@@]3(C)[C@]1(C)CC2. The smallest absolute Gasteiger partial charge is 0.312 e. The summed E-state index contributed by atoms with van der Waals surface area (Å²) < 4.78 is 5.54. The molecule has 5 aliphatic rings. The molecule has 0 spiro atoms. The number of carbonyl (C=O) groups is 1. The molecule has 0 aromatic carbocycles. The highest BCUT2D eigenvalue weighted by atomic mass is 16.5. The number of rotatable bonds is 1. The molecule has 0 saturated heterocycles. The van der Waals surface area contributed by atoms with Gasteiger partial charge in [-0.2, -0.15) is 0 Å². The molecule has 5 rings (SSSR count). The van der Waals surface area contributed by atoms with Gasteiger partial charge in [-0.15, -0.1) is 0 Å². The van der Waals surface area contributed by atoms with E-state index in [0.717, 1.165) is 44.9 Å². The number of fused-ring (bicyclic) bond motifs is 7. The van der Waals surface area contributed by atoms with Crippen molar-refractivity contribution in [2.45, 2.75) is 119 Å². The maximum atomic E-state index is 13.5. The Hall–Kier alpha value is -0.830. The highest BCUT2D eigenvalue weighted by molar-refractivity contribution is 5.78. The van der Waals surface area contributed by atoms with Gasteiger partial charge in [-0.05, 0) is 109 Å². The summed E-state index contributed by atoms with van der Waals surface area (Å²) in [6.07, 6.45) is 12.2. The van der Waals surface area contributed by atoms with Crippen molar-refractivity contribution < 1.29 is 14.6 Å². The Kier molecular flexibility index (Phi) is 5.61. The van der Waals surface area contributed by atoms with Crippen LogP contribution in [0.5, 0.6) is 0 Å². The molecule has 0 aliphatic heterocycles. The molecule has 35 heavy (non-hydrogen) atoms. The van der Waals surface area contributed by atoms with Crippen molar-refractivity contribution in [1.82, 2.24) is 0 Å². The van der Waals surface area contributed by atoms with Crippen molar-refractivity contribution in [2.75, 3.05) is 7.11 Å². The van der Waals surface area contributed by atoms with Crippen LogP contribution in [0.15, 0.2) is 11.6 Å². The molecule has 9 atom stereocenters. The Balaban J connectivity index is 1.63. The standard InChI is InChI=1S/C32H52O3/c1-20-25-21-10-11-23-29(6)14-13-24(33)28(4,5)22(29)12-15-31(23,8)30(21,7)17-19-32(25,26(34)35-9)18-16-27(20,2)3/h10,20,22-25,33H,11-19H2,1-9H3/t20-,22+,23+,24+,25+,29+,30-,31-,32+/m1/s1. The first kappa shape index (κ1) is 25.8. The molecule has 3 nitrogen and oxygen atoms in total. The summed E-state index contributed by atoms with van der Waals surface area (Å²) in [6, 6.07) is 0. The second kappa shape index (κ2) is 7.61. The van der Waals surface area contributed by atoms with Gasteiger partial charge in [0.25, 0.3) is 0 Å². The minimum absolute atomic E-state index is 0.0201. The van der Waals surface area contributed by atoms with Crippen molar-refractivity contribution in [2.24, 2.45) is 56.2 Å². The minimum Gasteiger partial charge on any atom is -0.469 e. The van der Waals surface area contributed by atoms with Crippen LogP contribution in [-0.4, -0.2) is 24.3 Å². The van der Waals surface area contributed by atoms with Crippen molar-refractivity contribution >= 4 is 5.97 Å². The number of methoxy groups -OCH3 is 1. The number of aliphatic hydroxyl groups is 1. The molecule has 3 heteroatoms. The number of hydrogen-bond acceptors (Lipinski definition) is 3. The number of ether oxygens (including phenoxy) is 1. The molecule has 198 valence electrons. The molecule has 5 aliphatic carbocycles. The van der Waals surface area contributed by atoms with Gasteiger partial charge in [0.15, 0.2) is 0 Å². The zero-order chi connectivity index (χ0) is 25.8. The Morgan fingerprint density at radius 1 is 0.914 bits per heavy atom. The van der Waals surface area contributed by atoms with E-state index in [4.69, 9.17) is 4.74 Å².